The van der Waals surface area contributed by atoms with Crippen LogP contribution in [-0.2, 0) is 4.79 Å². The number of carbonyl (C=O) groups excluding carboxylic acids is 1. The van der Waals surface area contributed by atoms with E-state index in [-0.39, 0.29) is 5.91 Å². The quantitative estimate of drug-likeness (QED) is 0.826. The maximum absolute atomic E-state index is 11.4. The molecule has 0 aliphatic carbocycles. The summed E-state index contributed by atoms with van der Waals surface area (Å²) in [5.74, 6) is 0.0662. The van der Waals surface area contributed by atoms with Gasteiger partial charge in [-0.1, -0.05) is 48.0 Å². The van der Waals surface area contributed by atoms with Crippen molar-refractivity contribution in [2.75, 3.05) is 7.05 Å². The number of halogens is 1. The minimum Gasteiger partial charge on any atom is -0.273 e. The summed E-state index contributed by atoms with van der Waals surface area (Å²) >= 11 is 5.90. The van der Waals surface area contributed by atoms with Crippen molar-refractivity contribution in [2.24, 2.45) is 5.10 Å². The molecular formula is C17H15ClN2O. The number of nitrogens with zero attached hydrogens (tertiary/aromatic N) is 2. The normalized spacial score (nSPS) is 15.0. The highest BCUT2D eigenvalue weighted by molar-refractivity contribution is 6.30. The summed E-state index contributed by atoms with van der Waals surface area (Å²) < 4.78 is 0. The first-order valence-electron chi connectivity index (χ1n) is 6.84. The zero-order valence-electron chi connectivity index (χ0n) is 11.7. The minimum atomic E-state index is 0.0662. The van der Waals surface area contributed by atoms with Gasteiger partial charge in [0.05, 0.1) is 5.71 Å². The fourth-order valence-corrected chi connectivity index (χ4v) is 2.50. The van der Waals surface area contributed by atoms with Gasteiger partial charge in [-0.25, -0.2) is 5.01 Å². The van der Waals surface area contributed by atoms with Crippen molar-refractivity contribution in [3.63, 3.8) is 0 Å². The molecule has 1 aliphatic heterocycles. The zero-order chi connectivity index (χ0) is 14.8. The third kappa shape index (κ3) is 2.98. The first kappa shape index (κ1) is 13.8. The van der Waals surface area contributed by atoms with Crippen molar-refractivity contribution < 1.29 is 4.79 Å². The first-order chi connectivity index (χ1) is 10.1. The molecule has 0 saturated carbocycles. The van der Waals surface area contributed by atoms with Gasteiger partial charge in [0.15, 0.2) is 0 Å². The Morgan fingerprint density at radius 2 is 1.43 bits per heavy atom. The summed E-state index contributed by atoms with van der Waals surface area (Å²) in [7, 11) is 1.70. The Labute approximate surface area is 128 Å². The molecule has 0 unspecified atom stereocenters. The van der Waals surface area contributed by atoms with Gasteiger partial charge in [-0.2, -0.15) is 5.10 Å². The fourth-order valence-electron chi connectivity index (χ4n) is 2.37. The number of hydrogen-bond acceptors (Lipinski definition) is 2. The molecule has 2 aromatic rings. The van der Waals surface area contributed by atoms with Gasteiger partial charge in [0.2, 0.25) is 5.91 Å². The van der Waals surface area contributed by atoms with Crippen LogP contribution in [0.4, 0.5) is 0 Å². The summed E-state index contributed by atoms with van der Waals surface area (Å²) in [5.41, 5.74) is 4.28. The number of carbonyl (C=O) groups is 1. The highest BCUT2D eigenvalue weighted by atomic mass is 35.5. The molecule has 0 aromatic heterocycles. The summed E-state index contributed by atoms with van der Waals surface area (Å²) in [6.07, 6.45) is 1.22. The minimum absolute atomic E-state index is 0.0662. The molecular weight excluding hydrogens is 284 g/mol. The van der Waals surface area contributed by atoms with Crippen LogP contribution < -0.4 is 0 Å². The van der Waals surface area contributed by atoms with Gasteiger partial charge in [-0.05, 0) is 28.8 Å². The summed E-state index contributed by atoms with van der Waals surface area (Å²) in [6.45, 7) is 0. The zero-order valence-corrected chi connectivity index (χ0v) is 12.5. The largest absolute Gasteiger partial charge is 0.273 e. The van der Waals surface area contributed by atoms with Crippen LogP contribution in [0.15, 0.2) is 53.6 Å². The predicted molar refractivity (Wildman–Crippen MR) is 85.4 cm³/mol. The lowest BCUT2D eigenvalue weighted by Crippen LogP contribution is -2.28. The van der Waals surface area contributed by atoms with E-state index < -0.39 is 0 Å². The molecule has 1 heterocycles. The Bertz CT molecular complexity index is 690. The fraction of sp³-hybridized carbons (Fsp3) is 0.176. The molecule has 4 heteroatoms. The molecule has 1 aliphatic rings. The van der Waals surface area contributed by atoms with Crippen molar-refractivity contribution in [1.29, 1.82) is 0 Å². The molecule has 0 radical (unpaired) electrons. The molecule has 2 aromatic carbocycles. The molecule has 3 rings (SSSR count). The Balaban J connectivity index is 1.86. The van der Waals surface area contributed by atoms with Crippen molar-refractivity contribution in [3.8, 4) is 11.1 Å². The third-order valence-electron chi connectivity index (χ3n) is 3.60. The maximum Gasteiger partial charge on any atom is 0.242 e. The predicted octanol–water partition coefficient (Wildman–Crippen LogP) is 3.96. The van der Waals surface area contributed by atoms with Gasteiger partial charge in [-0.15, -0.1) is 0 Å². The van der Waals surface area contributed by atoms with E-state index in [0.717, 1.165) is 27.4 Å². The smallest absolute Gasteiger partial charge is 0.242 e. The summed E-state index contributed by atoms with van der Waals surface area (Å²) in [6, 6.07) is 16.0. The second kappa shape index (κ2) is 5.70. The maximum atomic E-state index is 11.4. The van der Waals surface area contributed by atoms with Crippen LogP contribution in [-0.4, -0.2) is 23.7 Å². The van der Waals surface area contributed by atoms with E-state index in [2.05, 4.69) is 17.2 Å². The van der Waals surface area contributed by atoms with Gasteiger partial charge in [0.1, 0.15) is 0 Å². The van der Waals surface area contributed by atoms with Gasteiger partial charge in [-0.3, -0.25) is 4.79 Å². The first-order valence-corrected chi connectivity index (χ1v) is 7.22. The topological polar surface area (TPSA) is 32.7 Å². The molecule has 0 spiro atoms. The molecule has 21 heavy (non-hydrogen) atoms. The van der Waals surface area contributed by atoms with Gasteiger partial charge < -0.3 is 0 Å². The highest BCUT2D eigenvalue weighted by Gasteiger charge is 2.17. The average molecular weight is 299 g/mol. The second-order valence-corrected chi connectivity index (χ2v) is 5.48. The molecule has 0 atom stereocenters. The van der Waals surface area contributed by atoms with Crippen molar-refractivity contribution >= 4 is 23.2 Å². The van der Waals surface area contributed by atoms with E-state index in [1.807, 2.05) is 36.4 Å². The Hall–Kier alpha value is -2.13. The van der Waals surface area contributed by atoms with Crippen LogP contribution in [0.5, 0.6) is 0 Å². The average Bonchev–Trinajstić information content (AvgIpc) is 2.51. The second-order valence-electron chi connectivity index (χ2n) is 5.05. The van der Waals surface area contributed by atoms with Gasteiger partial charge in [0.25, 0.3) is 0 Å². The number of rotatable bonds is 2. The van der Waals surface area contributed by atoms with Crippen LogP contribution in [0.1, 0.15) is 18.4 Å². The van der Waals surface area contributed by atoms with Gasteiger partial charge >= 0.3 is 0 Å². The summed E-state index contributed by atoms with van der Waals surface area (Å²) in [5, 5.41) is 6.49. The lowest BCUT2D eigenvalue weighted by atomic mass is 10.00. The Morgan fingerprint density at radius 3 is 2.00 bits per heavy atom. The summed E-state index contributed by atoms with van der Waals surface area (Å²) in [4.78, 5) is 11.4. The van der Waals surface area contributed by atoms with Crippen LogP contribution >= 0.6 is 11.6 Å². The van der Waals surface area contributed by atoms with E-state index in [0.29, 0.717) is 12.8 Å². The van der Waals surface area contributed by atoms with Crippen molar-refractivity contribution in [3.05, 3.63) is 59.1 Å². The molecule has 3 nitrogen and oxygen atoms in total. The third-order valence-corrected chi connectivity index (χ3v) is 3.85. The number of hydrogen-bond donors (Lipinski definition) is 0. The highest BCUT2D eigenvalue weighted by Crippen LogP contribution is 2.23. The van der Waals surface area contributed by atoms with Crippen molar-refractivity contribution in [1.82, 2.24) is 5.01 Å². The van der Waals surface area contributed by atoms with Crippen LogP contribution in [0.3, 0.4) is 0 Å². The van der Waals surface area contributed by atoms with Gasteiger partial charge in [0, 0.05) is 24.9 Å². The Morgan fingerprint density at radius 1 is 0.905 bits per heavy atom. The monoisotopic (exact) mass is 298 g/mol. The number of amides is 1. The number of benzene rings is 2. The lowest BCUT2D eigenvalue weighted by molar-refractivity contribution is -0.130. The molecule has 0 fully saturated rings. The van der Waals surface area contributed by atoms with E-state index in [1.54, 1.807) is 7.05 Å². The van der Waals surface area contributed by atoms with E-state index in [4.69, 9.17) is 11.6 Å². The van der Waals surface area contributed by atoms with Crippen LogP contribution in [0.25, 0.3) is 11.1 Å². The van der Waals surface area contributed by atoms with Crippen LogP contribution in [0, 0.1) is 0 Å². The lowest BCUT2D eigenvalue weighted by Gasteiger charge is -2.19. The SMILES string of the molecule is CN1N=C(c2ccc(-c3ccc(Cl)cc3)cc2)CCC1=O. The van der Waals surface area contributed by atoms with Crippen molar-refractivity contribution in [2.45, 2.75) is 12.8 Å². The molecule has 0 N–H and O–H groups in total. The number of hydrazone groups is 1. The van der Waals surface area contributed by atoms with Crippen LogP contribution in [0.2, 0.25) is 5.02 Å². The van der Waals surface area contributed by atoms with E-state index in [1.165, 1.54) is 5.01 Å². The molecule has 106 valence electrons. The molecule has 0 bridgehead atoms. The standard InChI is InChI=1S/C17H15ClN2O/c1-20-17(21)11-10-16(19-20)14-4-2-12(3-5-14)13-6-8-15(18)9-7-13/h2-9H,10-11H2,1H3. The molecule has 1 amide bonds. The van der Waals surface area contributed by atoms with E-state index >= 15 is 0 Å². The van der Waals surface area contributed by atoms with E-state index in [9.17, 15) is 4.79 Å². The molecule has 0 saturated heterocycles. The Kier molecular flexibility index (Phi) is 3.76.